The Kier molecular flexibility index (Phi) is 5.21. The fraction of sp³-hybridized carbons (Fsp3) is 0.167. The van der Waals surface area contributed by atoms with Gasteiger partial charge in [0.15, 0.2) is 0 Å². The first-order chi connectivity index (χ1) is 11.3. The molecule has 1 aromatic carbocycles. The standard InChI is InChI=1S/C18H18N4S/c1-23-16-4-2-15(3-5-16)17-12-22-18(13-21-17)20-11-8-14-6-9-19-10-7-14/h2-7,9-10,12-13H,8,11H2,1H3,(H,20,22). The summed E-state index contributed by atoms with van der Waals surface area (Å²) in [5, 5.41) is 3.29. The van der Waals surface area contributed by atoms with Gasteiger partial charge in [-0.05, 0) is 42.5 Å². The Balaban J connectivity index is 1.58. The van der Waals surface area contributed by atoms with Gasteiger partial charge >= 0.3 is 0 Å². The quantitative estimate of drug-likeness (QED) is 0.697. The Morgan fingerprint density at radius 1 is 0.957 bits per heavy atom. The number of aromatic nitrogens is 3. The van der Waals surface area contributed by atoms with Gasteiger partial charge in [0.25, 0.3) is 0 Å². The molecule has 23 heavy (non-hydrogen) atoms. The van der Waals surface area contributed by atoms with E-state index < -0.39 is 0 Å². The SMILES string of the molecule is CSc1ccc(-c2cnc(NCCc3ccncc3)cn2)cc1. The third-order valence-corrected chi connectivity index (χ3v) is 4.25. The zero-order valence-electron chi connectivity index (χ0n) is 12.9. The zero-order valence-corrected chi connectivity index (χ0v) is 13.8. The van der Waals surface area contributed by atoms with E-state index >= 15 is 0 Å². The van der Waals surface area contributed by atoms with E-state index in [9.17, 15) is 0 Å². The largest absolute Gasteiger partial charge is 0.368 e. The van der Waals surface area contributed by atoms with E-state index in [0.29, 0.717) is 0 Å². The highest BCUT2D eigenvalue weighted by Gasteiger charge is 2.01. The van der Waals surface area contributed by atoms with Crippen LogP contribution in [0.1, 0.15) is 5.56 Å². The molecule has 0 radical (unpaired) electrons. The molecule has 0 spiro atoms. The summed E-state index contributed by atoms with van der Waals surface area (Å²) >= 11 is 1.73. The second-order valence-electron chi connectivity index (χ2n) is 5.05. The van der Waals surface area contributed by atoms with Crippen molar-refractivity contribution in [1.29, 1.82) is 0 Å². The van der Waals surface area contributed by atoms with E-state index in [2.05, 4.69) is 50.8 Å². The molecular formula is C18H18N4S. The number of hydrogen-bond acceptors (Lipinski definition) is 5. The molecule has 0 amide bonds. The minimum atomic E-state index is 0.795. The van der Waals surface area contributed by atoms with E-state index in [1.54, 1.807) is 18.0 Å². The predicted molar refractivity (Wildman–Crippen MR) is 95.7 cm³/mol. The first-order valence-electron chi connectivity index (χ1n) is 7.44. The van der Waals surface area contributed by atoms with E-state index in [4.69, 9.17) is 0 Å². The van der Waals surface area contributed by atoms with Crippen LogP contribution in [0.4, 0.5) is 5.82 Å². The summed E-state index contributed by atoms with van der Waals surface area (Å²) in [6.45, 7) is 0.820. The molecule has 0 fully saturated rings. The molecule has 0 aliphatic carbocycles. The summed E-state index contributed by atoms with van der Waals surface area (Å²) in [7, 11) is 0. The first kappa shape index (κ1) is 15.5. The van der Waals surface area contributed by atoms with Crippen LogP contribution in [0.3, 0.4) is 0 Å². The Labute approximate surface area is 140 Å². The highest BCUT2D eigenvalue weighted by molar-refractivity contribution is 7.98. The van der Waals surface area contributed by atoms with Crippen LogP contribution < -0.4 is 5.32 Å². The van der Waals surface area contributed by atoms with Crippen molar-refractivity contribution in [1.82, 2.24) is 15.0 Å². The smallest absolute Gasteiger partial charge is 0.144 e. The summed E-state index contributed by atoms with van der Waals surface area (Å²) in [6.07, 6.45) is 10.2. The van der Waals surface area contributed by atoms with Crippen LogP contribution >= 0.6 is 11.8 Å². The van der Waals surface area contributed by atoms with Gasteiger partial charge < -0.3 is 5.32 Å². The maximum absolute atomic E-state index is 4.49. The lowest BCUT2D eigenvalue weighted by Crippen LogP contribution is -2.06. The minimum absolute atomic E-state index is 0.795. The molecule has 0 saturated heterocycles. The van der Waals surface area contributed by atoms with Gasteiger partial charge in [-0.15, -0.1) is 11.8 Å². The second kappa shape index (κ2) is 7.74. The Morgan fingerprint density at radius 2 is 1.74 bits per heavy atom. The first-order valence-corrected chi connectivity index (χ1v) is 8.67. The number of hydrogen-bond donors (Lipinski definition) is 1. The van der Waals surface area contributed by atoms with Crippen molar-refractivity contribution in [2.24, 2.45) is 0 Å². The lowest BCUT2D eigenvalue weighted by atomic mass is 10.2. The molecule has 5 heteroatoms. The Bertz CT molecular complexity index is 727. The van der Waals surface area contributed by atoms with Gasteiger partial charge in [-0.3, -0.25) is 9.97 Å². The van der Waals surface area contributed by atoms with Crippen LogP contribution in [-0.4, -0.2) is 27.8 Å². The highest BCUT2D eigenvalue weighted by atomic mass is 32.2. The van der Waals surface area contributed by atoms with Crippen LogP contribution in [0.2, 0.25) is 0 Å². The predicted octanol–water partition coefficient (Wildman–Crippen LogP) is 3.92. The molecule has 116 valence electrons. The lowest BCUT2D eigenvalue weighted by Gasteiger charge is -2.06. The van der Waals surface area contributed by atoms with Gasteiger partial charge in [-0.1, -0.05) is 12.1 Å². The van der Waals surface area contributed by atoms with E-state index in [1.807, 2.05) is 30.7 Å². The van der Waals surface area contributed by atoms with Crippen molar-refractivity contribution in [3.8, 4) is 11.3 Å². The topological polar surface area (TPSA) is 50.7 Å². The Morgan fingerprint density at radius 3 is 2.39 bits per heavy atom. The Hall–Kier alpha value is -2.40. The van der Waals surface area contributed by atoms with Crippen LogP contribution in [0, 0.1) is 0 Å². The molecule has 0 bridgehead atoms. The van der Waals surface area contributed by atoms with Crippen molar-refractivity contribution in [2.75, 3.05) is 18.1 Å². The molecule has 0 aliphatic heterocycles. The molecule has 4 nitrogen and oxygen atoms in total. The number of anilines is 1. The number of nitrogens with one attached hydrogen (secondary N) is 1. The normalized spacial score (nSPS) is 10.5. The van der Waals surface area contributed by atoms with Gasteiger partial charge in [-0.2, -0.15) is 0 Å². The summed E-state index contributed by atoms with van der Waals surface area (Å²) < 4.78 is 0. The van der Waals surface area contributed by atoms with E-state index in [0.717, 1.165) is 30.0 Å². The summed E-state index contributed by atoms with van der Waals surface area (Å²) in [5.41, 5.74) is 3.22. The van der Waals surface area contributed by atoms with Crippen molar-refractivity contribution < 1.29 is 0 Å². The second-order valence-corrected chi connectivity index (χ2v) is 5.93. The lowest BCUT2D eigenvalue weighted by molar-refractivity contribution is 0.995. The maximum Gasteiger partial charge on any atom is 0.144 e. The van der Waals surface area contributed by atoms with Crippen LogP contribution in [0.5, 0.6) is 0 Å². The third kappa shape index (κ3) is 4.29. The highest BCUT2D eigenvalue weighted by Crippen LogP contribution is 2.21. The van der Waals surface area contributed by atoms with Gasteiger partial charge in [0.1, 0.15) is 5.82 Å². The fourth-order valence-electron chi connectivity index (χ4n) is 2.21. The summed E-state index contributed by atoms with van der Waals surface area (Å²) in [4.78, 5) is 14.2. The zero-order chi connectivity index (χ0) is 15.9. The molecular weight excluding hydrogens is 304 g/mol. The number of pyridine rings is 1. The van der Waals surface area contributed by atoms with Crippen LogP contribution in [0.15, 0.2) is 66.1 Å². The molecule has 3 aromatic rings. The molecule has 2 aromatic heterocycles. The number of thioether (sulfide) groups is 1. The van der Waals surface area contributed by atoms with Gasteiger partial charge in [0.2, 0.25) is 0 Å². The summed E-state index contributed by atoms with van der Waals surface area (Å²) in [6, 6.07) is 12.4. The van der Waals surface area contributed by atoms with Crippen molar-refractivity contribution in [3.63, 3.8) is 0 Å². The molecule has 0 aliphatic rings. The third-order valence-electron chi connectivity index (χ3n) is 3.51. The molecule has 0 unspecified atom stereocenters. The number of benzene rings is 1. The fourth-order valence-corrected chi connectivity index (χ4v) is 2.62. The molecule has 0 atom stereocenters. The average Bonchev–Trinajstić information content (AvgIpc) is 2.63. The maximum atomic E-state index is 4.49. The monoisotopic (exact) mass is 322 g/mol. The van der Waals surface area contributed by atoms with Gasteiger partial charge in [-0.25, -0.2) is 4.98 Å². The number of nitrogens with zero attached hydrogens (tertiary/aromatic N) is 3. The van der Waals surface area contributed by atoms with E-state index in [-0.39, 0.29) is 0 Å². The minimum Gasteiger partial charge on any atom is -0.368 e. The molecule has 2 heterocycles. The van der Waals surface area contributed by atoms with Crippen molar-refractivity contribution in [2.45, 2.75) is 11.3 Å². The number of rotatable bonds is 6. The average molecular weight is 322 g/mol. The van der Waals surface area contributed by atoms with Gasteiger partial charge in [0, 0.05) is 29.4 Å². The molecule has 3 rings (SSSR count). The van der Waals surface area contributed by atoms with Crippen LogP contribution in [-0.2, 0) is 6.42 Å². The van der Waals surface area contributed by atoms with Crippen LogP contribution in [0.25, 0.3) is 11.3 Å². The summed E-state index contributed by atoms with van der Waals surface area (Å²) in [5.74, 6) is 0.795. The molecule has 1 N–H and O–H groups in total. The van der Waals surface area contributed by atoms with Crippen molar-refractivity contribution >= 4 is 17.6 Å². The van der Waals surface area contributed by atoms with Gasteiger partial charge in [0.05, 0.1) is 18.1 Å². The van der Waals surface area contributed by atoms with E-state index in [1.165, 1.54) is 10.5 Å². The molecule has 0 saturated carbocycles. The van der Waals surface area contributed by atoms with Crippen molar-refractivity contribution in [3.05, 3.63) is 66.7 Å².